The van der Waals surface area contributed by atoms with Crippen molar-refractivity contribution in [2.45, 2.75) is 30.6 Å². The zero-order chi connectivity index (χ0) is 20.1. The van der Waals surface area contributed by atoms with E-state index >= 15 is 0 Å². The molecule has 9 heteroatoms. The lowest BCUT2D eigenvalue weighted by atomic mass is 10.2. The molecule has 6 nitrogen and oxygen atoms in total. The summed E-state index contributed by atoms with van der Waals surface area (Å²) < 4.78 is 27.6. The minimum atomic E-state index is -3.82. The summed E-state index contributed by atoms with van der Waals surface area (Å²) in [5, 5.41) is 3.44. The van der Waals surface area contributed by atoms with Crippen molar-refractivity contribution in [2.75, 3.05) is 23.1 Å². The predicted molar refractivity (Wildman–Crippen MR) is 113 cm³/mol. The van der Waals surface area contributed by atoms with Gasteiger partial charge in [0.25, 0.3) is 10.0 Å². The molecule has 1 aliphatic rings. The first-order valence-corrected chi connectivity index (χ1v) is 11.2. The van der Waals surface area contributed by atoms with Gasteiger partial charge in [0.05, 0.1) is 15.6 Å². The van der Waals surface area contributed by atoms with E-state index in [2.05, 4.69) is 10.0 Å². The number of anilines is 2. The molecule has 1 fully saturated rings. The van der Waals surface area contributed by atoms with Gasteiger partial charge in [-0.1, -0.05) is 36.0 Å². The number of rotatable bonds is 4. The van der Waals surface area contributed by atoms with E-state index in [9.17, 15) is 13.2 Å². The van der Waals surface area contributed by atoms with Gasteiger partial charge in [0, 0.05) is 23.8 Å². The van der Waals surface area contributed by atoms with Gasteiger partial charge in [-0.05, 0) is 55.3 Å². The quantitative estimate of drug-likeness (QED) is 0.683. The topological polar surface area (TPSA) is 78.5 Å². The molecule has 0 unspecified atom stereocenters. The Kier molecular flexibility index (Phi) is 6.69. The fourth-order valence-corrected chi connectivity index (χ4v) is 4.56. The number of hydrogen-bond donors (Lipinski definition) is 2. The van der Waals surface area contributed by atoms with Crippen LogP contribution in [0.25, 0.3) is 0 Å². The standard InChI is InChI=1S/C19H21Cl2N3O3S/c20-14-5-10-18(17(21)13-14)23-28(26,27)16-8-6-15(7-9-16)22-19(25)24-11-3-1-2-4-12-24/h5-10,13,23H,1-4,11-12H2,(H,22,25). The summed E-state index contributed by atoms with van der Waals surface area (Å²) in [6, 6.07) is 10.3. The van der Waals surface area contributed by atoms with Crippen molar-refractivity contribution < 1.29 is 13.2 Å². The molecule has 28 heavy (non-hydrogen) atoms. The molecule has 3 rings (SSSR count). The zero-order valence-corrected chi connectivity index (χ0v) is 17.4. The lowest BCUT2D eigenvalue weighted by Gasteiger charge is -2.20. The maximum atomic E-state index is 12.6. The molecule has 2 aromatic rings. The van der Waals surface area contributed by atoms with Crippen LogP contribution in [0.1, 0.15) is 25.7 Å². The third kappa shape index (κ3) is 5.31. The van der Waals surface area contributed by atoms with Crippen LogP contribution in [0.5, 0.6) is 0 Å². The van der Waals surface area contributed by atoms with Gasteiger partial charge >= 0.3 is 6.03 Å². The zero-order valence-electron chi connectivity index (χ0n) is 15.1. The van der Waals surface area contributed by atoms with Crippen LogP contribution >= 0.6 is 23.2 Å². The second-order valence-corrected chi connectivity index (χ2v) is 9.11. The summed E-state index contributed by atoms with van der Waals surface area (Å²) in [5.41, 5.74) is 0.780. The largest absolute Gasteiger partial charge is 0.325 e. The number of carbonyl (C=O) groups excluding carboxylic acids is 1. The van der Waals surface area contributed by atoms with Crippen LogP contribution in [0.4, 0.5) is 16.2 Å². The fraction of sp³-hybridized carbons (Fsp3) is 0.316. The van der Waals surface area contributed by atoms with Crippen LogP contribution in [-0.4, -0.2) is 32.4 Å². The van der Waals surface area contributed by atoms with Crippen molar-refractivity contribution >= 4 is 50.6 Å². The van der Waals surface area contributed by atoms with Crippen molar-refractivity contribution in [3.8, 4) is 0 Å². The maximum absolute atomic E-state index is 12.6. The number of nitrogens with zero attached hydrogens (tertiary/aromatic N) is 1. The smallest absolute Gasteiger partial charge is 0.321 e. The van der Waals surface area contributed by atoms with E-state index in [0.29, 0.717) is 10.7 Å². The van der Waals surface area contributed by atoms with Gasteiger partial charge in [-0.15, -0.1) is 0 Å². The number of benzene rings is 2. The first kappa shape index (κ1) is 20.8. The number of halogens is 2. The Morgan fingerprint density at radius 3 is 2.18 bits per heavy atom. The number of hydrogen-bond acceptors (Lipinski definition) is 3. The molecule has 0 radical (unpaired) electrons. The van der Waals surface area contributed by atoms with Crippen LogP contribution in [0.3, 0.4) is 0 Å². The normalized spacial score (nSPS) is 15.0. The molecule has 0 spiro atoms. The van der Waals surface area contributed by atoms with Crippen molar-refractivity contribution in [1.82, 2.24) is 4.90 Å². The number of sulfonamides is 1. The monoisotopic (exact) mass is 441 g/mol. The van der Waals surface area contributed by atoms with Crippen molar-refractivity contribution in [3.63, 3.8) is 0 Å². The minimum absolute atomic E-state index is 0.0614. The molecule has 1 heterocycles. The van der Waals surface area contributed by atoms with Gasteiger partial charge in [0.1, 0.15) is 0 Å². The highest BCUT2D eigenvalue weighted by Gasteiger charge is 2.18. The van der Waals surface area contributed by atoms with Gasteiger partial charge in [-0.2, -0.15) is 0 Å². The van der Waals surface area contributed by atoms with Crippen LogP contribution in [-0.2, 0) is 10.0 Å². The lowest BCUT2D eigenvalue weighted by Crippen LogP contribution is -2.35. The van der Waals surface area contributed by atoms with E-state index in [0.717, 1.165) is 38.8 Å². The second-order valence-electron chi connectivity index (χ2n) is 6.59. The van der Waals surface area contributed by atoms with Gasteiger partial charge in [-0.25, -0.2) is 13.2 Å². The summed E-state index contributed by atoms with van der Waals surface area (Å²) in [4.78, 5) is 14.2. The summed E-state index contributed by atoms with van der Waals surface area (Å²) in [7, 11) is -3.82. The van der Waals surface area contributed by atoms with E-state index in [1.54, 1.807) is 23.1 Å². The molecule has 0 atom stereocenters. The molecule has 0 saturated carbocycles. The molecule has 1 aliphatic heterocycles. The van der Waals surface area contributed by atoms with Crippen molar-refractivity contribution in [2.24, 2.45) is 0 Å². The Hall–Kier alpha value is -1.96. The molecular formula is C19H21Cl2N3O3S. The molecule has 0 aliphatic carbocycles. The Balaban J connectivity index is 1.68. The maximum Gasteiger partial charge on any atom is 0.321 e. The van der Waals surface area contributed by atoms with Crippen molar-refractivity contribution in [1.29, 1.82) is 0 Å². The van der Waals surface area contributed by atoms with Gasteiger partial charge in [-0.3, -0.25) is 4.72 Å². The third-order valence-electron chi connectivity index (χ3n) is 4.48. The molecule has 0 bridgehead atoms. The summed E-state index contributed by atoms with van der Waals surface area (Å²) in [5.74, 6) is 0. The highest BCUT2D eigenvalue weighted by molar-refractivity contribution is 7.92. The number of nitrogens with one attached hydrogen (secondary N) is 2. The fourth-order valence-electron chi connectivity index (χ4n) is 2.97. The first-order chi connectivity index (χ1) is 13.3. The molecule has 2 aromatic carbocycles. The second kappa shape index (κ2) is 9.03. The Morgan fingerprint density at radius 2 is 1.57 bits per heavy atom. The number of amides is 2. The minimum Gasteiger partial charge on any atom is -0.325 e. The Labute approximate surface area is 174 Å². The van der Waals surface area contributed by atoms with E-state index in [-0.39, 0.29) is 21.6 Å². The van der Waals surface area contributed by atoms with Gasteiger partial charge in [0.15, 0.2) is 0 Å². The number of likely N-dealkylation sites (tertiary alicyclic amines) is 1. The first-order valence-electron chi connectivity index (χ1n) is 8.99. The van der Waals surface area contributed by atoms with E-state index < -0.39 is 10.0 Å². The molecule has 1 saturated heterocycles. The highest BCUT2D eigenvalue weighted by Crippen LogP contribution is 2.28. The third-order valence-corrected chi connectivity index (χ3v) is 6.41. The van der Waals surface area contributed by atoms with E-state index in [1.165, 1.54) is 24.3 Å². The molecule has 150 valence electrons. The Bertz CT molecular complexity index is 941. The SMILES string of the molecule is O=C(Nc1ccc(S(=O)(=O)Nc2ccc(Cl)cc2Cl)cc1)N1CCCCCC1. The van der Waals surface area contributed by atoms with Crippen molar-refractivity contribution in [3.05, 3.63) is 52.5 Å². The average Bonchev–Trinajstić information content (AvgIpc) is 2.94. The number of carbonyl (C=O) groups is 1. The molecular weight excluding hydrogens is 421 g/mol. The Morgan fingerprint density at radius 1 is 0.929 bits per heavy atom. The van der Waals surface area contributed by atoms with Gasteiger partial charge in [0.2, 0.25) is 0 Å². The van der Waals surface area contributed by atoms with E-state index in [4.69, 9.17) is 23.2 Å². The van der Waals surface area contributed by atoms with Crippen LogP contribution in [0.2, 0.25) is 10.0 Å². The van der Waals surface area contributed by atoms with Gasteiger partial charge < -0.3 is 10.2 Å². The van der Waals surface area contributed by atoms with Crippen LogP contribution in [0.15, 0.2) is 47.4 Å². The van der Waals surface area contributed by atoms with E-state index in [1.807, 2.05) is 0 Å². The summed E-state index contributed by atoms with van der Waals surface area (Å²) in [6.45, 7) is 1.48. The van der Waals surface area contributed by atoms with Crippen LogP contribution in [0, 0.1) is 0 Å². The lowest BCUT2D eigenvalue weighted by molar-refractivity contribution is 0.214. The predicted octanol–water partition coefficient (Wildman–Crippen LogP) is 5.20. The number of urea groups is 1. The summed E-state index contributed by atoms with van der Waals surface area (Å²) >= 11 is 11.9. The molecule has 2 N–H and O–H groups in total. The average molecular weight is 442 g/mol. The molecule has 2 amide bonds. The highest BCUT2D eigenvalue weighted by atomic mass is 35.5. The van der Waals surface area contributed by atoms with Crippen LogP contribution < -0.4 is 10.0 Å². The summed E-state index contributed by atoms with van der Waals surface area (Å²) in [6.07, 6.45) is 4.29. The molecule has 0 aromatic heterocycles.